The van der Waals surface area contributed by atoms with E-state index in [0.29, 0.717) is 10.1 Å². The molecule has 0 amide bonds. The second-order valence-electron chi connectivity index (χ2n) is 5.95. The first-order valence-corrected chi connectivity index (χ1v) is 8.31. The molecule has 1 N–H and O–H groups in total. The number of nitrogens with zero attached hydrogens (tertiary/aromatic N) is 2. The summed E-state index contributed by atoms with van der Waals surface area (Å²) in [7, 11) is 0. The highest BCUT2D eigenvalue weighted by molar-refractivity contribution is 5.77. The van der Waals surface area contributed by atoms with E-state index in [9.17, 15) is 18.4 Å². The number of hydrogen-bond acceptors (Lipinski definition) is 4. The van der Waals surface area contributed by atoms with Crippen LogP contribution in [0.25, 0.3) is 16.6 Å². The predicted octanol–water partition coefficient (Wildman–Crippen LogP) is 2.93. The number of rotatable bonds is 4. The highest BCUT2D eigenvalue weighted by Gasteiger charge is 2.14. The molecular weight excluding hydrogens is 368 g/mol. The molecule has 4 rings (SSSR count). The number of hydrogen-bond donors (Lipinski definition) is 1. The first kappa shape index (κ1) is 17.6. The Hall–Kier alpha value is -3.81. The van der Waals surface area contributed by atoms with Crippen LogP contribution in [0.15, 0.2) is 70.4 Å². The SMILES string of the molecule is O=c1[nH]c2ccccc2c(=O)n1-c1cc(OCc2ncccc2F)ccc1F. The van der Waals surface area contributed by atoms with Gasteiger partial charge in [0.25, 0.3) is 5.56 Å². The van der Waals surface area contributed by atoms with Crippen LogP contribution in [0.2, 0.25) is 0 Å². The molecule has 0 spiro atoms. The van der Waals surface area contributed by atoms with Crippen molar-refractivity contribution < 1.29 is 13.5 Å². The normalized spacial score (nSPS) is 10.9. The zero-order valence-electron chi connectivity index (χ0n) is 14.4. The van der Waals surface area contributed by atoms with Crippen LogP contribution in [-0.2, 0) is 6.61 Å². The molecule has 2 heterocycles. The summed E-state index contributed by atoms with van der Waals surface area (Å²) in [5.74, 6) is -1.16. The molecule has 0 fully saturated rings. The molecule has 8 heteroatoms. The summed E-state index contributed by atoms with van der Waals surface area (Å²) >= 11 is 0. The lowest BCUT2D eigenvalue weighted by Crippen LogP contribution is -2.34. The fourth-order valence-corrected chi connectivity index (χ4v) is 2.81. The van der Waals surface area contributed by atoms with E-state index in [1.54, 1.807) is 18.2 Å². The standard InChI is InChI=1S/C20H13F2N3O3/c21-14-5-3-9-23-17(14)11-28-12-7-8-15(22)18(10-12)25-19(26)13-4-1-2-6-16(13)24-20(25)27/h1-10H,11H2,(H,24,27). The van der Waals surface area contributed by atoms with Crippen molar-refractivity contribution in [3.05, 3.63) is 99.0 Å². The van der Waals surface area contributed by atoms with Crippen molar-refractivity contribution in [1.29, 1.82) is 0 Å². The third-order valence-corrected chi connectivity index (χ3v) is 4.17. The number of pyridine rings is 1. The number of halogens is 2. The number of para-hydroxylation sites is 1. The molecule has 0 saturated heterocycles. The second kappa shape index (κ2) is 7.07. The summed E-state index contributed by atoms with van der Waals surface area (Å²) < 4.78 is 34.2. The average Bonchev–Trinajstić information content (AvgIpc) is 2.69. The fourth-order valence-electron chi connectivity index (χ4n) is 2.81. The highest BCUT2D eigenvalue weighted by Crippen LogP contribution is 2.20. The van der Waals surface area contributed by atoms with Gasteiger partial charge < -0.3 is 9.72 Å². The number of aromatic nitrogens is 3. The molecule has 0 saturated carbocycles. The van der Waals surface area contributed by atoms with E-state index in [-0.39, 0.29) is 29.1 Å². The topological polar surface area (TPSA) is 77.0 Å². The van der Waals surface area contributed by atoms with Crippen LogP contribution in [0.1, 0.15) is 5.69 Å². The predicted molar refractivity (Wildman–Crippen MR) is 98.7 cm³/mol. The monoisotopic (exact) mass is 381 g/mol. The van der Waals surface area contributed by atoms with E-state index < -0.39 is 22.9 Å². The van der Waals surface area contributed by atoms with Crippen LogP contribution in [0.5, 0.6) is 5.75 Å². The van der Waals surface area contributed by atoms with Crippen molar-refractivity contribution in [1.82, 2.24) is 14.5 Å². The smallest absolute Gasteiger partial charge is 0.333 e. The number of fused-ring (bicyclic) bond motifs is 1. The molecule has 2 aromatic heterocycles. The zero-order chi connectivity index (χ0) is 19.7. The first-order valence-electron chi connectivity index (χ1n) is 8.31. The van der Waals surface area contributed by atoms with Gasteiger partial charge in [-0.3, -0.25) is 9.78 Å². The van der Waals surface area contributed by atoms with Gasteiger partial charge in [-0.05, 0) is 36.4 Å². The van der Waals surface area contributed by atoms with Crippen molar-refractivity contribution in [3.8, 4) is 11.4 Å². The lowest BCUT2D eigenvalue weighted by Gasteiger charge is -2.11. The number of nitrogens with one attached hydrogen (secondary N) is 1. The van der Waals surface area contributed by atoms with E-state index in [4.69, 9.17) is 4.74 Å². The van der Waals surface area contributed by atoms with Crippen molar-refractivity contribution >= 4 is 10.9 Å². The van der Waals surface area contributed by atoms with E-state index in [0.717, 1.165) is 6.07 Å². The van der Waals surface area contributed by atoms with Gasteiger partial charge in [-0.2, -0.15) is 0 Å². The molecule has 0 unspecified atom stereocenters. The number of benzene rings is 2. The maximum absolute atomic E-state index is 14.4. The summed E-state index contributed by atoms with van der Waals surface area (Å²) in [4.78, 5) is 31.5. The maximum Gasteiger partial charge on any atom is 0.333 e. The van der Waals surface area contributed by atoms with Gasteiger partial charge in [0.05, 0.1) is 16.6 Å². The minimum atomic E-state index is -0.782. The van der Waals surface area contributed by atoms with Gasteiger partial charge >= 0.3 is 5.69 Å². The zero-order valence-corrected chi connectivity index (χ0v) is 14.4. The van der Waals surface area contributed by atoms with Gasteiger partial charge in [0, 0.05) is 12.3 Å². The maximum atomic E-state index is 14.4. The Morgan fingerprint density at radius 1 is 1.00 bits per heavy atom. The Morgan fingerprint density at radius 3 is 2.64 bits per heavy atom. The van der Waals surface area contributed by atoms with Crippen LogP contribution in [-0.4, -0.2) is 14.5 Å². The Bertz CT molecular complexity index is 1300. The second-order valence-corrected chi connectivity index (χ2v) is 5.95. The quantitative estimate of drug-likeness (QED) is 0.590. The van der Waals surface area contributed by atoms with E-state index in [1.165, 1.54) is 36.5 Å². The lowest BCUT2D eigenvalue weighted by molar-refractivity contribution is 0.293. The van der Waals surface area contributed by atoms with Gasteiger partial charge in [0.15, 0.2) is 0 Å². The number of aromatic amines is 1. The first-order chi connectivity index (χ1) is 13.5. The Kier molecular flexibility index (Phi) is 4.44. The molecule has 0 bridgehead atoms. The molecular formula is C20H13F2N3O3. The third-order valence-electron chi connectivity index (χ3n) is 4.17. The van der Waals surface area contributed by atoms with Gasteiger partial charge in [-0.1, -0.05) is 12.1 Å². The molecule has 28 heavy (non-hydrogen) atoms. The Morgan fingerprint density at radius 2 is 1.82 bits per heavy atom. The summed E-state index contributed by atoms with van der Waals surface area (Å²) in [6.07, 6.45) is 1.42. The van der Waals surface area contributed by atoms with Gasteiger partial charge in [-0.25, -0.2) is 18.1 Å². The lowest BCUT2D eigenvalue weighted by atomic mass is 10.2. The molecule has 4 aromatic rings. The van der Waals surface area contributed by atoms with Gasteiger partial charge in [0.2, 0.25) is 0 Å². The molecule has 0 atom stereocenters. The summed E-state index contributed by atoms with van der Waals surface area (Å²) in [5.41, 5.74) is -1.28. The number of H-pyrrole nitrogens is 1. The van der Waals surface area contributed by atoms with Crippen LogP contribution < -0.4 is 16.0 Å². The van der Waals surface area contributed by atoms with Crippen molar-refractivity contribution in [3.63, 3.8) is 0 Å². The molecule has 6 nitrogen and oxygen atoms in total. The largest absolute Gasteiger partial charge is 0.487 e. The van der Waals surface area contributed by atoms with Crippen LogP contribution >= 0.6 is 0 Å². The molecule has 0 aliphatic carbocycles. The van der Waals surface area contributed by atoms with E-state index in [1.807, 2.05) is 0 Å². The van der Waals surface area contributed by atoms with E-state index in [2.05, 4.69) is 9.97 Å². The van der Waals surface area contributed by atoms with Crippen LogP contribution in [0, 0.1) is 11.6 Å². The van der Waals surface area contributed by atoms with Crippen molar-refractivity contribution in [2.45, 2.75) is 6.61 Å². The fraction of sp³-hybridized carbons (Fsp3) is 0.0500. The minimum absolute atomic E-state index is 0.0779. The molecule has 0 aliphatic rings. The van der Waals surface area contributed by atoms with E-state index >= 15 is 0 Å². The van der Waals surface area contributed by atoms with Crippen LogP contribution in [0.3, 0.4) is 0 Å². The van der Waals surface area contributed by atoms with Gasteiger partial charge in [-0.15, -0.1) is 0 Å². The molecule has 140 valence electrons. The Labute approximate surface area is 156 Å². The van der Waals surface area contributed by atoms with Crippen molar-refractivity contribution in [2.24, 2.45) is 0 Å². The van der Waals surface area contributed by atoms with Crippen LogP contribution in [0.4, 0.5) is 8.78 Å². The number of ether oxygens (including phenoxy) is 1. The summed E-state index contributed by atoms with van der Waals surface area (Å²) in [6.45, 7) is -0.194. The van der Waals surface area contributed by atoms with Gasteiger partial charge in [0.1, 0.15) is 29.7 Å². The average molecular weight is 381 g/mol. The highest BCUT2D eigenvalue weighted by atomic mass is 19.1. The summed E-state index contributed by atoms with van der Waals surface area (Å²) in [5, 5.41) is 0.239. The minimum Gasteiger partial charge on any atom is -0.487 e. The molecule has 2 aromatic carbocycles. The third kappa shape index (κ3) is 3.16. The Balaban J connectivity index is 1.76. The molecule has 0 radical (unpaired) electrons. The van der Waals surface area contributed by atoms with Crippen molar-refractivity contribution in [2.75, 3.05) is 0 Å². The summed E-state index contributed by atoms with van der Waals surface area (Å²) in [6, 6.07) is 12.7. The molecule has 0 aliphatic heterocycles.